The minimum absolute atomic E-state index is 0. The topological polar surface area (TPSA) is 58.5 Å². The summed E-state index contributed by atoms with van der Waals surface area (Å²) in [4.78, 5) is 8.70. The van der Waals surface area contributed by atoms with E-state index in [1.165, 1.54) is 5.56 Å². The van der Waals surface area contributed by atoms with Crippen molar-refractivity contribution in [3.05, 3.63) is 77.5 Å². The molecule has 172 valence electrons. The highest BCUT2D eigenvalue weighted by Crippen LogP contribution is 2.17. The Morgan fingerprint density at radius 2 is 1.72 bits per heavy atom. The summed E-state index contributed by atoms with van der Waals surface area (Å²) in [5.74, 6) is 0.672. The van der Waals surface area contributed by atoms with Crippen molar-refractivity contribution in [2.45, 2.75) is 25.7 Å². The summed E-state index contributed by atoms with van der Waals surface area (Å²) >= 11 is 0. The van der Waals surface area contributed by atoms with Gasteiger partial charge in [-0.3, -0.25) is 9.98 Å². The van der Waals surface area contributed by atoms with E-state index in [9.17, 15) is 13.2 Å². The summed E-state index contributed by atoms with van der Waals surface area (Å²) in [7, 11) is 1.70. The van der Waals surface area contributed by atoms with Crippen LogP contribution in [-0.4, -0.2) is 37.3 Å². The molecule has 0 atom stereocenters. The van der Waals surface area contributed by atoms with Crippen LogP contribution in [0.1, 0.15) is 16.7 Å². The van der Waals surface area contributed by atoms with Crippen LogP contribution in [0.2, 0.25) is 0 Å². The lowest BCUT2D eigenvalue weighted by atomic mass is 10.1. The number of ether oxygens (including phenoxy) is 1. The number of nitrogens with one attached hydrogen (secondary N) is 2. The summed E-state index contributed by atoms with van der Waals surface area (Å²) in [5, 5.41) is 7.65. The second-order valence-electron chi connectivity index (χ2n) is 7.02. The number of guanidine groups is 1. The molecule has 0 fully saturated rings. The SMILES string of the molecule is CN=C(NCCc1cccc2cccnc12)NCc1ccc(COCC(F)(F)F)cc1.I. The Bertz CT molecular complexity index is 1000. The molecular weight excluding hydrogens is 532 g/mol. The van der Waals surface area contributed by atoms with Gasteiger partial charge >= 0.3 is 6.18 Å². The van der Waals surface area contributed by atoms with Crippen molar-refractivity contribution in [3.63, 3.8) is 0 Å². The molecule has 0 aliphatic heterocycles. The number of pyridine rings is 1. The second kappa shape index (κ2) is 12.6. The van der Waals surface area contributed by atoms with Gasteiger partial charge in [0.2, 0.25) is 0 Å². The number of nitrogens with zero attached hydrogens (tertiary/aromatic N) is 2. The third-order valence-electron chi connectivity index (χ3n) is 4.64. The molecule has 2 N–H and O–H groups in total. The summed E-state index contributed by atoms with van der Waals surface area (Å²) in [6.07, 6.45) is -1.70. The largest absolute Gasteiger partial charge is 0.411 e. The van der Waals surface area contributed by atoms with Crippen molar-refractivity contribution in [3.8, 4) is 0 Å². The van der Waals surface area contributed by atoms with E-state index in [4.69, 9.17) is 0 Å². The lowest BCUT2D eigenvalue weighted by molar-refractivity contribution is -0.176. The molecule has 32 heavy (non-hydrogen) atoms. The summed E-state index contributed by atoms with van der Waals surface area (Å²) in [6, 6.07) is 17.4. The highest BCUT2D eigenvalue weighted by Gasteiger charge is 2.27. The van der Waals surface area contributed by atoms with Gasteiger partial charge in [-0.1, -0.05) is 48.5 Å². The Hall–Kier alpha value is -2.40. The van der Waals surface area contributed by atoms with Gasteiger partial charge in [-0.2, -0.15) is 13.2 Å². The lowest BCUT2D eigenvalue weighted by Gasteiger charge is -2.13. The van der Waals surface area contributed by atoms with Crippen LogP contribution >= 0.6 is 24.0 Å². The average molecular weight is 558 g/mol. The average Bonchev–Trinajstić information content (AvgIpc) is 2.76. The van der Waals surface area contributed by atoms with E-state index in [2.05, 4.69) is 31.4 Å². The number of aromatic nitrogens is 1. The summed E-state index contributed by atoms with van der Waals surface area (Å²) < 4.78 is 41.1. The molecule has 1 heterocycles. The molecule has 0 amide bonds. The number of fused-ring (bicyclic) bond motifs is 1. The smallest absolute Gasteiger partial charge is 0.367 e. The van der Waals surface area contributed by atoms with Gasteiger partial charge in [0.1, 0.15) is 6.61 Å². The number of alkyl halides is 3. The molecule has 0 radical (unpaired) electrons. The Morgan fingerprint density at radius 3 is 2.44 bits per heavy atom. The van der Waals surface area contributed by atoms with Gasteiger partial charge in [0.05, 0.1) is 12.1 Å². The lowest BCUT2D eigenvalue weighted by Crippen LogP contribution is -2.37. The maximum absolute atomic E-state index is 12.1. The molecule has 0 unspecified atom stereocenters. The molecule has 0 spiro atoms. The van der Waals surface area contributed by atoms with E-state index in [0.717, 1.165) is 22.9 Å². The summed E-state index contributed by atoms with van der Waals surface area (Å²) in [5.41, 5.74) is 3.86. The van der Waals surface area contributed by atoms with E-state index in [1.807, 2.05) is 36.4 Å². The molecule has 2 aromatic carbocycles. The van der Waals surface area contributed by atoms with Crippen LogP contribution < -0.4 is 10.6 Å². The van der Waals surface area contributed by atoms with Gasteiger partial charge in [0, 0.05) is 31.7 Å². The monoisotopic (exact) mass is 558 g/mol. The Balaban J connectivity index is 0.00000363. The zero-order valence-corrected chi connectivity index (χ0v) is 20.0. The molecule has 1 aromatic heterocycles. The van der Waals surface area contributed by atoms with Gasteiger partial charge in [-0.15, -0.1) is 24.0 Å². The predicted molar refractivity (Wildman–Crippen MR) is 131 cm³/mol. The van der Waals surface area contributed by atoms with Gasteiger partial charge in [-0.25, -0.2) is 0 Å². The third-order valence-corrected chi connectivity index (χ3v) is 4.64. The van der Waals surface area contributed by atoms with Crippen molar-refractivity contribution in [1.29, 1.82) is 0 Å². The molecule has 0 aliphatic rings. The number of rotatable bonds is 8. The Kier molecular flexibility index (Phi) is 10.2. The van der Waals surface area contributed by atoms with E-state index in [1.54, 1.807) is 25.4 Å². The fraction of sp³-hybridized carbons (Fsp3) is 0.304. The van der Waals surface area contributed by atoms with E-state index in [-0.39, 0.29) is 30.6 Å². The first kappa shape index (κ1) is 25.9. The van der Waals surface area contributed by atoms with E-state index >= 15 is 0 Å². The highest BCUT2D eigenvalue weighted by molar-refractivity contribution is 14.0. The summed E-state index contributed by atoms with van der Waals surface area (Å²) in [6.45, 7) is -0.0728. The van der Waals surface area contributed by atoms with Crippen LogP contribution in [0.5, 0.6) is 0 Å². The first-order valence-electron chi connectivity index (χ1n) is 9.94. The Labute approximate surface area is 202 Å². The zero-order chi connectivity index (χ0) is 22.1. The van der Waals surface area contributed by atoms with Gasteiger partial charge in [0.15, 0.2) is 5.96 Å². The van der Waals surface area contributed by atoms with Crippen molar-refractivity contribution in [2.24, 2.45) is 4.99 Å². The fourth-order valence-electron chi connectivity index (χ4n) is 3.13. The molecule has 0 saturated carbocycles. The first-order valence-corrected chi connectivity index (χ1v) is 9.94. The van der Waals surface area contributed by atoms with Crippen molar-refractivity contribution in [2.75, 3.05) is 20.2 Å². The number of aliphatic imine (C=N–C) groups is 1. The molecule has 3 aromatic rings. The maximum Gasteiger partial charge on any atom is 0.411 e. The fourth-order valence-corrected chi connectivity index (χ4v) is 3.13. The number of halogens is 4. The van der Waals surface area contributed by atoms with Crippen LogP contribution in [0.25, 0.3) is 10.9 Å². The van der Waals surface area contributed by atoms with Crippen LogP contribution in [0, 0.1) is 0 Å². The van der Waals surface area contributed by atoms with Gasteiger partial charge < -0.3 is 15.4 Å². The highest BCUT2D eigenvalue weighted by atomic mass is 127. The number of benzene rings is 2. The second-order valence-corrected chi connectivity index (χ2v) is 7.02. The van der Waals surface area contributed by atoms with Crippen LogP contribution in [0.4, 0.5) is 13.2 Å². The molecule has 5 nitrogen and oxygen atoms in total. The molecule has 0 aliphatic carbocycles. The van der Waals surface area contributed by atoms with Crippen molar-refractivity contribution < 1.29 is 17.9 Å². The quantitative estimate of drug-likeness (QED) is 0.236. The number of hydrogen-bond acceptors (Lipinski definition) is 3. The number of para-hydroxylation sites is 1. The third kappa shape index (κ3) is 8.27. The number of hydrogen-bond donors (Lipinski definition) is 2. The molecule has 9 heteroatoms. The standard InChI is InChI=1S/C23H25F3N4O.HI/c1-27-22(29-13-11-20-5-2-4-19-6-3-12-28-21(19)20)30-14-17-7-9-18(10-8-17)15-31-16-23(24,25)26;/h2-10,12H,11,13-16H2,1H3,(H2,27,29,30);1H. The molecule has 3 rings (SSSR count). The van der Waals surface area contributed by atoms with Crippen molar-refractivity contribution in [1.82, 2.24) is 15.6 Å². The molecular formula is C23H26F3IN4O. The maximum atomic E-state index is 12.1. The first-order chi connectivity index (χ1) is 14.9. The molecule has 0 saturated heterocycles. The zero-order valence-electron chi connectivity index (χ0n) is 17.7. The van der Waals surface area contributed by atoms with Gasteiger partial charge in [-0.05, 0) is 29.2 Å². The van der Waals surface area contributed by atoms with Crippen LogP contribution in [0.15, 0.2) is 65.8 Å². The van der Waals surface area contributed by atoms with Crippen molar-refractivity contribution >= 4 is 40.8 Å². The molecule has 0 bridgehead atoms. The van der Waals surface area contributed by atoms with Gasteiger partial charge in [0.25, 0.3) is 0 Å². The minimum Gasteiger partial charge on any atom is -0.367 e. The van der Waals surface area contributed by atoms with E-state index in [0.29, 0.717) is 24.6 Å². The normalized spacial score (nSPS) is 11.8. The van der Waals surface area contributed by atoms with Crippen LogP contribution in [-0.2, 0) is 24.3 Å². The Morgan fingerprint density at radius 1 is 1.00 bits per heavy atom. The predicted octanol–water partition coefficient (Wildman–Crippen LogP) is 4.84. The van der Waals surface area contributed by atoms with E-state index < -0.39 is 12.8 Å². The van der Waals surface area contributed by atoms with Crippen LogP contribution in [0.3, 0.4) is 0 Å². The minimum atomic E-state index is -4.31.